The van der Waals surface area contributed by atoms with Crippen molar-refractivity contribution in [1.29, 1.82) is 0 Å². The first-order valence-electron chi connectivity index (χ1n) is 14.4. The molecule has 0 atom stereocenters. The number of halogens is 8. The summed E-state index contributed by atoms with van der Waals surface area (Å²) >= 11 is 0. The first kappa shape index (κ1) is 33.2. The summed E-state index contributed by atoms with van der Waals surface area (Å²) < 4.78 is 122. The molecule has 0 radical (unpaired) electrons. The summed E-state index contributed by atoms with van der Waals surface area (Å²) in [5.41, 5.74) is 1.43. The van der Waals surface area contributed by atoms with Gasteiger partial charge in [-0.3, -0.25) is 0 Å². The number of allylic oxidation sites excluding steroid dienone is 2. The van der Waals surface area contributed by atoms with Crippen molar-refractivity contribution < 1.29 is 44.6 Å². The predicted molar refractivity (Wildman–Crippen MR) is 163 cm³/mol. The number of ether oxygens (including phenoxy) is 2. The van der Waals surface area contributed by atoms with Crippen molar-refractivity contribution in [2.45, 2.75) is 32.5 Å². The van der Waals surface area contributed by atoms with E-state index in [-0.39, 0.29) is 22.4 Å². The molecule has 0 bridgehead atoms. The van der Waals surface area contributed by atoms with Crippen molar-refractivity contribution in [1.82, 2.24) is 0 Å². The molecule has 242 valence electrons. The second-order valence-electron chi connectivity index (χ2n) is 10.5. The fourth-order valence-corrected chi connectivity index (χ4v) is 4.98. The normalized spacial score (nSPS) is 11.8. The molecule has 2 nitrogen and oxygen atoms in total. The van der Waals surface area contributed by atoms with Gasteiger partial charge in [-0.05, 0) is 95.6 Å². The maximum absolute atomic E-state index is 15.0. The van der Waals surface area contributed by atoms with Crippen molar-refractivity contribution in [3.05, 3.63) is 144 Å². The van der Waals surface area contributed by atoms with Crippen molar-refractivity contribution >= 4 is 0 Å². The van der Waals surface area contributed by atoms with Crippen LogP contribution in [-0.2, 0) is 12.5 Å². The quantitative estimate of drug-likeness (QED) is 0.104. The van der Waals surface area contributed by atoms with Gasteiger partial charge >= 0.3 is 12.7 Å². The zero-order chi connectivity index (χ0) is 33.7. The summed E-state index contributed by atoms with van der Waals surface area (Å²) in [6, 6.07) is 21.0. The monoisotopic (exact) mass is 654 g/mol. The van der Waals surface area contributed by atoms with Gasteiger partial charge in [0.25, 0.3) is 0 Å². The maximum Gasteiger partial charge on any atom is 0.429 e. The molecule has 0 aliphatic carbocycles. The molecular weight excluding hydrogens is 628 g/mol. The molecule has 0 amide bonds. The van der Waals surface area contributed by atoms with E-state index in [4.69, 9.17) is 4.74 Å². The number of aryl methyl sites for hydroxylation is 1. The molecule has 5 aromatic rings. The summed E-state index contributed by atoms with van der Waals surface area (Å²) in [6.45, 7) is -1.51. The molecule has 10 heteroatoms. The average Bonchev–Trinajstić information content (AvgIpc) is 3.03. The third kappa shape index (κ3) is 7.82. The van der Waals surface area contributed by atoms with Crippen LogP contribution in [0.2, 0.25) is 0 Å². The van der Waals surface area contributed by atoms with E-state index in [1.54, 1.807) is 12.1 Å². The summed E-state index contributed by atoms with van der Waals surface area (Å²) in [5, 5.41) is 0. The molecule has 0 aliphatic rings. The molecule has 0 spiro atoms. The minimum Gasteiger partial charge on any atom is -0.429 e. The molecule has 0 fully saturated rings. The zero-order valence-corrected chi connectivity index (χ0v) is 24.7. The third-order valence-corrected chi connectivity index (χ3v) is 7.32. The van der Waals surface area contributed by atoms with Crippen LogP contribution in [-0.4, -0.2) is 6.61 Å². The topological polar surface area (TPSA) is 18.5 Å². The predicted octanol–water partition coefficient (Wildman–Crippen LogP) is 11.5. The van der Waals surface area contributed by atoms with Gasteiger partial charge in [0.15, 0.2) is 17.4 Å². The first-order chi connectivity index (χ1) is 22.4. The zero-order valence-electron chi connectivity index (χ0n) is 24.7. The number of rotatable bonds is 11. The molecule has 5 rings (SSSR count). The fraction of sp³-hybridized carbons (Fsp3) is 0.135. The lowest BCUT2D eigenvalue weighted by atomic mass is 9.99. The van der Waals surface area contributed by atoms with Gasteiger partial charge in [-0.25, -0.2) is 17.6 Å². The van der Waals surface area contributed by atoms with Crippen LogP contribution in [0, 0.1) is 23.3 Å². The second-order valence-corrected chi connectivity index (χ2v) is 10.5. The standard InChI is InChI=1S/C37H26F8O2/c1-2-3-4-5-22-6-8-23(9-7-22)26-13-17-30(32(39)19-26)37(44,45)47-28-14-10-24(11-15-28)25-12-16-29(31(38)18-25)27-20-33(40)35(34(41)21-27)46-36(42)43/h2-3,6-21,36H,4-5H2,1H3. The molecule has 5 aromatic carbocycles. The Morgan fingerprint density at radius 3 is 1.72 bits per heavy atom. The Kier molecular flexibility index (Phi) is 9.98. The Labute approximate surface area is 265 Å². The lowest BCUT2D eigenvalue weighted by Crippen LogP contribution is -2.23. The SMILES string of the molecule is CC=CCCc1ccc(-c2ccc(C(F)(F)Oc3ccc(-c4ccc(-c5cc(F)c(OC(F)F)c(F)c5)c(F)c4)cc3)c(F)c2)cc1. The van der Waals surface area contributed by atoms with E-state index >= 15 is 8.78 Å². The lowest BCUT2D eigenvalue weighted by Gasteiger charge is -2.19. The van der Waals surface area contributed by atoms with Crippen molar-refractivity contribution in [3.63, 3.8) is 0 Å². The highest BCUT2D eigenvalue weighted by Gasteiger charge is 2.37. The number of hydrogen-bond donors (Lipinski definition) is 0. The Morgan fingerprint density at radius 2 is 1.17 bits per heavy atom. The smallest absolute Gasteiger partial charge is 0.429 e. The molecular formula is C37H26F8O2. The Hall–Kier alpha value is -5.12. The largest absolute Gasteiger partial charge is 0.429 e. The van der Waals surface area contributed by atoms with Crippen LogP contribution >= 0.6 is 0 Å². The van der Waals surface area contributed by atoms with Crippen LogP contribution in [0.15, 0.2) is 109 Å². The van der Waals surface area contributed by atoms with E-state index in [9.17, 15) is 26.3 Å². The van der Waals surface area contributed by atoms with Gasteiger partial charge in [-0.2, -0.15) is 17.6 Å². The van der Waals surface area contributed by atoms with Gasteiger partial charge < -0.3 is 9.47 Å². The van der Waals surface area contributed by atoms with Crippen molar-refractivity contribution in [2.75, 3.05) is 0 Å². The summed E-state index contributed by atoms with van der Waals surface area (Å²) in [4.78, 5) is 0. The van der Waals surface area contributed by atoms with Crippen LogP contribution in [0.1, 0.15) is 24.5 Å². The molecule has 0 N–H and O–H groups in total. The van der Waals surface area contributed by atoms with E-state index in [1.165, 1.54) is 42.5 Å². The Morgan fingerprint density at radius 1 is 0.638 bits per heavy atom. The molecule has 0 aliphatic heterocycles. The van der Waals surface area contributed by atoms with E-state index in [1.807, 2.05) is 25.1 Å². The molecule has 0 unspecified atom stereocenters. The number of benzene rings is 5. The average molecular weight is 655 g/mol. The highest BCUT2D eigenvalue weighted by Crippen LogP contribution is 2.37. The van der Waals surface area contributed by atoms with Crippen LogP contribution in [0.4, 0.5) is 35.1 Å². The molecule has 47 heavy (non-hydrogen) atoms. The van der Waals surface area contributed by atoms with Gasteiger partial charge in [0, 0.05) is 5.56 Å². The van der Waals surface area contributed by atoms with Gasteiger partial charge in [0.05, 0.1) is 5.56 Å². The Balaban J connectivity index is 1.28. The Bertz CT molecular complexity index is 1860. The minimum absolute atomic E-state index is 0.222. The second kappa shape index (κ2) is 14.1. The van der Waals surface area contributed by atoms with Crippen molar-refractivity contribution in [3.8, 4) is 44.9 Å². The molecule has 0 saturated carbocycles. The van der Waals surface area contributed by atoms with Crippen LogP contribution in [0.25, 0.3) is 33.4 Å². The summed E-state index contributed by atoms with van der Waals surface area (Å²) in [7, 11) is 0. The first-order valence-corrected chi connectivity index (χ1v) is 14.4. The summed E-state index contributed by atoms with van der Waals surface area (Å²) in [5.74, 6) is -6.49. The van der Waals surface area contributed by atoms with Gasteiger partial charge in [0.1, 0.15) is 17.4 Å². The third-order valence-electron chi connectivity index (χ3n) is 7.32. The van der Waals surface area contributed by atoms with E-state index in [0.29, 0.717) is 28.8 Å². The number of alkyl halides is 4. The highest BCUT2D eigenvalue weighted by molar-refractivity contribution is 5.72. The molecule has 0 heterocycles. The van der Waals surface area contributed by atoms with E-state index < -0.39 is 47.3 Å². The summed E-state index contributed by atoms with van der Waals surface area (Å²) in [6.07, 6.45) is 1.73. The molecule has 0 aromatic heterocycles. The van der Waals surface area contributed by atoms with Crippen LogP contribution < -0.4 is 9.47 Å². The molecule has 0 saturated heterocycles. The van der Waals surface area contributed by atoms with Gasteiger partial charge in [0.2, 0.25) is 0 Å². The lowest BCUT2D eigenvalue weighted by molar-refractivity contribution is -0.187. The van der Waals surface area contributed by atoms with E-state index in [0.717, 1.165) is 36.6 Å². The number of hydrogen-bond acceptors (Lipinski definition) is 2. The van der Waals surface area contributed by atoms with Crippen LogP contribution in [0.5, 0.6) is 11.5 Å². The fourth-order valence-electron chi connectivity index (χ4n) is 4.98. The van der Waals surface area contributed by atoms with Gasteiger partial charge in [-0.15, -0.1) is 0 Å². The van der Waals surface area contributed by atoms with Crippen molar-refractivity contribution in [2.24, 2.45) is 0 Å². The highest BCUT2D eigenvalue weighted by atomic mass is 19.3. The maximum atomic E-state index is 15.0. The van der Waals surface area contributed by atoms with E-state index in [2.05, 4.69) is 10.8 Å². The minimum atomic E-state index is -4.02. The van der Waals surface area contributed by atoms with Crippen LogP contribution in [0.3, 0.4) is 0 Å². The van der Waals surface area contributed by atoms with Gasteiger partial charge in [-0.1, -0.05) is 66.7 Å².